The fraction of sp³-hybridized carbons (Fsp3) is 0.538. The number of aromatic nitrogens is 2. The van der Waals surface area contributed by atoms with Gasteiger partial charge in [-0.1, -0.05) is 13.3 Å². The van der Waals surface area contributed by atoms with Gasteiger partial charge in [-0.2, -0.15) is 0 Å². The molecule has 0 aliphatic carbocycles. The summed E-state index contributed by atoms with van der Waals surface area (Å²) in [4.78, 5) is 13.4. The number of nitrogens with two attached hydrogens (primary N) is 1. The van der Waals surface area contributed by atoms with E-state index in [9.17, 15) is 0 Å². The first-order valence-corrected chi connectivity index (χ1v) is 7.18. The van der Waals surface area contributed by atoms with E-state index in [-0.39, 0.29) is 5.54 Å². The summed E-state index contributed by atoms with van der Waals surface area (Å²) in [5, 5.41) is 1.17. The van der Waals surface area contributed by atoms with Gasteiger partial charge in [0.2, 0.25) is 0 Å². The highest BCUT2D eigenvalue weighted by atomic mass is 32.1. The largest absolute Gasteiger partial charge is 0.352 e. The van der Waals surface area contributed by atoms with Gasteiger partial charge >= 0.3 is 0 Å². The Balaban J connectivity index is 1.88. The highest BCUT2D eigenvalue weighted by Gasteiger charge is 2.39. The number of rotatable bonds is 3. The van der Waals surface area contributed by atoms with Crippen LogP contribution in [0, 0.1) is 6.92 Å². The predicted octanol–water partition coefficient (Wildman–Crippen LogP) is 2.32. The molecule has 2 aromatic rings. The van der Waals surface area contributed by atoms with Gasteiger partial charge in [0, 0.05) is 18.0 Å². The molecule has 18 heavy (non-hydrogen) atoms. The summed E-state index contributed by atoms with van der Waals surface area (Å²) in [7, 11) is 0. The van der Waals surface area contributed by atoms with Crippen LogP contribution in [0.3, 0.4) is 0 Å². The minimum Gasteiger partial charge on any atom is -0.352 e. The monoisotopic (exact) mass is 262 g/mol. The summed E-state index contributed by atoms with van der Waals surface area (Å²) in [6.07, 6.45) is 3.88. The maximum atomic E-state index is 6.31. The fourth-order valence-electron chi connectivity index (χ4n) is 2.74. The minimum absolute atomic E-state index is 0.0168. The molecular weight excluding hydrogens is 244 g/mol. The second kappa shape index (κ2) is 4.17. The van der Waals surface area contributed by atoms with Gasteiger partial charge < -0.3 is 10.6 Å². The van der Waals surface area contributed by atoms with E-state index in [4.69, 9.17) is 5.73 Å². The van der Waals surface area contributed by atoms with E-state index in [0.29, 0.717) is 0 Å². The third-order valence-corrected chi connectivity index (χ3v) is 4.45. The van der Waals surface area contributed by atoms with Crippen molar-refractivity contribution in [3.8, 4) is 0 Å². The van der Waals surface area contributed by atoms with Gasteiger partial charge in [-0.3, -0.25) is 0 Å². The lowest BCUT2D eigenvalue weighted by Gasteiger charge is -2.48. The summed E-state index contributed by atoms with van der Waals surface area (Å²) >= 11 is 1.72. The molecule has 0 spiro atoms. The SMILES string of the molecule is CCCC1(N)CN(c2ncnc3sc(C)cc23)C1. The average Bonchev–Trinajstić information content (AvgIpc) is 2.66. The molecule has 2 aromatic heterocycles. The molecule has 3 rings (SSSR count). The number of thiophene rings is 1. The Bertz CT molecular complexity index is 571. The van der Waals surface area contributed by atoms with E-state index < -0.39 is 0 Å². The standard InChI is InChI=1S/C13H18N4S/c1-3-4-13(14)6-17(7-13)11-10-5-9(2)18-12(10)16-8-15-11/h5,8H,3-4,6-7,14H2,1-2H3. The van der Waals surface area contributed by atoms with Crippen molar-refractivity contribution in [3.63, 3.8) is 0 Å². The van der Waals surface area contributed by atoms with Crippen LogP contribution in [0.1, 0.15) is 24.6 Å². The van der Waals surface area contributed by atoms with Crippen LogP contribution in [-0.2, 0) is 0 Å². The molecule has 3 heterocycles. The third kappa shape index (κ3) is 1.87. The Morgan fingerprint density at radius 2 is 2.22 bits per heavy atom. The van der Waals surface area contributed by atoms with Gasteiger partial charge in [0.15, 0.2) is 0 Å². The van der Waals surface area contributed by atoms with Crippen LogP contribution in [0.25, 0.3) is 10.2 Å². The Kier molecular flexibility index (Phi) is 2.75. The molecule has 1 aliphatic rings. The lowest BCUT2D eigenvalue weighted by Crippen LogP contribution is -2.67. The van der Waals surface area contributed by atoms with E-state index in [0.717, 1.165) is 36.6 Å². The molecule has 1 aliphatic heterocycles. The quantitative estimate of drug-likeness (QED) is 0.922. The second-order valence-corrected chi connectivity index (χ2v) is 6.48. The number of anilines is 1. The fourth-order valence-corrected chi connectivity index (χ4v) is 3.58. The first-order valence-electron chi connectivity index (χ1n) is 6.36. The van der Waals surface area contributed by atoms with Gasteiger partial charge in [-0.25, -0.2) is 9.97 Å². The van der Waals surface area contributed by atoms with E-state index in [1.807, 2.05) is 0 Å². The second-order valence-electron chi connectivity index (χ2n) is 5.24. The van der Waals surface area contributed by atoms with E-state index in [1.54, 1.807) is 17.7 Å². The molecule has 0 amide bonds. The first-order chi connectivity index (χ1) is 8.61. The zero-order valence-corrected chi connectivity index (χ0v) is 11.6. The molecule has 0 radical (unpaired) electrons. The van der Waals surface area contributed by atoms with Crippen LogP contribution < -0.4 is 10.6 Å². The highest BCUT2D eigenvalue weighted by Crippen LogP contribution is 2.34. The molecule has 96 valence electrons. The molecular formula is C13H18N4S. The summed E-state index contributed by atoms with van der Waals surface area (Å²) in [6.45, 7) is 6.10. The molecule has 0 bridgehead atoms. The van der Waals surface area contributed by atoms with E-state index in [1.165, 1.54) is 10.3 Å². The van der Waals surface area contributed by atoms with Crippen molar-refractivity contribution < 1.29 is 0 Å². The zero-order valence-electron chi connectivity index (χ0n) is 10.8. The summed E-state index contributed by atoms with van der Waals surface area (Å²) in [5.74, 6) is 1.04. The summed E-state index contributed by atoms with van der Waals surface area (Å²) in [6, 6.07) is 2.17. The number of hydrogen-bond donors (Lipinski definition) is 1. The lowest BCUT2D eigenvalue weighted by molar-refractivity contribution is 0.306. The number of nitrogens with zero attached hydrogens (tertiary/aromatic N) is 3. The summed E-state index contributed by atoms with van der Waals surface area (Å²) < 4.78 is 0. The third-order valence-electron chi connectivity index (χ3n) is 3.49. The van der Waals surface area contributed by atoms with Crippen molar-refractivity contribution in [2.45, 2.75) is 32.2 Å². The molecule has 0 saturated carbocycles. The molecule has 4 nitrogen and oxygen atoms in total. The molecule has 5 heteroatoms. The lowest BCUT2D eigenvalue weighted by atomic mass is 9.86. The van der Waals surface area contributed by atoms with Gasteiger partial charge in [0.25, 0.3) is 0 Å². The Morgan fingerprint density at radius 1 is 1.44 bits per heavy atom. The van der Waals surface area contributed by atoms with Crippen LogP contribution in [0.4, 0.5) is 5.82 Å². The predicted molar refractivity (Wildman–Crippen MR) is 76.2 cm³/mol. The van der Waals surface area contributed by atoms with Crippen molar-refractivity contribution in [1.82, 2.24) is 9.97 Å². The number of hydrogen-bond acceptors (Lipinski definition) is 5. The van der Waals surface area contributed by atoms with Crippen molar-refractivity contribution in [2.75, 3.05) is 18.0 Å². The topological polar surface area (TPSA) is 55.0 Å². The van der Waals surface area contributed by atoms with Crippen LogP contribution in [-0.4, -0.2) is 28.6 Å². The highest BCUT2D eigenvalue weighted by molar-refractivity contribution is 7.18. The number of aryl methyl sites for hydroxylation is 1. The Labute approximate surface area is 111 Å². The number of fused-ring (bicyclic) bond motifs is 1. The molecule has 0 aromatic carbocycles. The van der Waals surface area contributed by atoms with Gasteiger partial charge in [0.1, 0.15) is 17.0 Å². The van der Waals surface area contributed by atoms with Crippen molar-refractivity contribution >= 4 is 27.4 Å². The maximum absolute atomic E-state index is 6.31. The molecule has 0 atom stereocenters. The minimum atomic E-state index is -0.0168. The van der Waals surface area contributed by atoms with Crippen LogP contribution >= 0.6 is 11.3 Å². The van der Waals surface area contributed by atoms with Crippen molar-refractivity contribution in [1.29, 1.82) is 0 Å². The summed E-state index contributed by atoms with van der Waals surface area (Å²) in [5.41, 5.74) is 6.29. The zero-order chi connectivity index (χ0) is 12.8. The van der Waals surface area contributed by atoms with Gasteiger partial charge in [-0.15, -0.1) is 11.3 Å². The Hall–Kier alpha value is -1.20. The molecule has 2 N–H and O–H groups in total. The van der Waals surface area contributed by atoms with Crippen molar-refractivity contribution in [2.24, 2.45) is 5.73 Å². The average molecular weight is 262 g/mol. The molecule has 1 saturated heterocycles. The normalized spacial score (nSPS) is 18.1. The maximum Gasteiger partial charge on any atom is 0.140 e. The van der Waals surface area contributed by atoms with Crippen LogP contribution in [0.5, 0.6) is 0 Å². The van der Waals surface area contributed by atoms with Crippen LogP contribution in [0.15, 0.2) is 12.4 Å². The van der Waals surface area contributed by atoms with E-state index >= 15 is 0 Å². The first kappa shape index (κ1) is 11.9. The van der Waals surface area contributed by atoms with Crippen LogP contribution in [0.2, 0.25) is 0 Å². The van der Waals surface area contributed by atoms with Crippen molar-refractivity contribution in [3.05, 3.63) is 17.3 Å². The smallest absolute Gasteiger partial charge is 0.140 e. The Morgan fingerprint density at radius 3 is 2.94 bits per heavy atom. The van der Waals surface area contributed by atoms with Gasteiger partial charge in [-0.05, 0) is 19.4 Å². The molecule has 1 fully saturated rings. The van der Waals surface area contributed by atoms with Gasteiger partial charge in [0.05, 0.1) is 10.9 Å². The van der Waals surface area contributed by atoms with E-state index in [2.05, 4.69) is 34.8 Å². The molecule has 0 unspecified atom stereocenters.